The van der Waals surface area contributed by atoms with Crippen LogP contribution in [0.1, 0.15) is 13.8 Å². The third kappa shape index (κ3) is 4.26. The Bertz CT molecular complexity index is 374. The number of nitrogens with zero attached hydrogens (tertiary/aromatic N) is 3. The fourth-order valence-corrected chi connectivity index (χ4v) is 1.48. The van der Waals surface area contributed by atoms with Gasteiger partial charge in [-0.05, 0) is 13.8 Å². The van der Waals surface area contributed by atoms with E-state index in [1.807, 2.05) is 0 Å². The van der Waals surface area contributed by atoms with E-state index in [9.17, 15) is 13.2 Å². The quantitative estimate of drug-likeness (QED) is 0.856. The zero-order valence-corrected chi connectivity index (χ0v) is 10.0. The summed E-state index contributed by atoms with van der Waals surface area (Å²) < 4.78 is 37.2. The summed E-state index contributed by atoms with van der Waals surface area (Å²) >= 11 is 5.63. The molecule has 1 aromatic rings. The summed E-state index contributed by atoms with van der Waals surface area (Å²) in [6.45, 7) is 2.13. The zero-order valence-electron chi connectivity index (χ0n) is 9.29. The van der Waals surface area contributed by atoms with Crippen molar-refractivity contribution in [2.75, 3.05) is 17.2 Å². The van der Waals surface area contributed by atoms with Gasteiger partial charge in [0.1, 0.15) is 17.5 Å². The largest absolute Gasteiger partial charge is 0.405 e. The van der Waals surface area contributed by atoms with Gasteiger partial charge < -0.3 is 10.6 Å². The van der Waals surface area contributed by atoms with E-state index in [4.69, 9.17) is 17.3 Å². The average molecular weight is 269 g/mol. The molecule has 1 aromatic heterocycles. The molecule has 0 aliphatic carbocycles. The summed E-state index contributed by atoms with van der Waals surface area (Å²) in [6, 6.07) is 0.867. The number of rotatable bonds is 3. The van der Waals surface area contributed by atoms with Crippen LogP contribution < -0.4 is 10.6 Å². The molecule has 2 N–H and O–H groups in total. The van der Waals surface area contributed by atoms with Gasteiger partial charge in [0, 0.05) is 12.1 Å². The maximum atomic E-state index is 12.4. The smallest absolute Gasteiger partial charge is 0.368 e. The van der Waals surface area contributed by atoms with Crippen LogP contribution in [0, 0.1) is 0 Å². The number of alkyl halides is 3. The van der Waals surface area contributed by atoms with Crippen LogP contribution in [0.15, 0.2) is 6.07 Å². The molecular weight excluding hydrogens is 257 g/mol. The van der Waals surface area contributed by atoms with E-state index in [0.29, 0.717) is 0 Å². The molecule has 0 bridgehead atoms. The Balaban J connectivity index is 3.05. The van der Waals surface area contributed by atoms with Gasteiger partial charge in [-0.1, -0.05) is 11.6 Å². The van der Waals surface area contributed by atoms with Gasteiger partial charge in [-0.3, -0.25) is 0 Å². The second-order valence-corrected chi connectivity index (χ2v) is 4.13. The summed E-state index contributed by atoms with van der Waals surface area (Å²) in [6.07, 6.45) is -4.32. The normalized spacial score (nSPS) is 11.9. The Morgan fingerprint density at radius 2 is 2.00 bits per heavy atom. The van der Waals surface area contributed by atoms with Crippen molar-refractivity contribution in [2.45, 2.75) is 26.1 Å². The van der Waals surface area contributed by atoms with Crippen LogP contribution in [-0.4, -0.2) is 28.7 Å². The van der Waals surface area contributed by atoms with Gasteiger partial charge in [-0.15, -0.1) is 0 Å². The van der Waals surface area contributed by atoms with Gasteiger partial charge in [-0.2, -0.15) is 18.2 Å². The van der Waals surface area contributed by atoms with Gasteiger partial charge in [0.05, 0.1) is 0 Å². The predicted octanol–water partition coefficient (Wildman–Crippen LogP) is 2.49. The van der Waals surface area contributed by atoms with Crippen molar-refractivity contribution in [1.82, 2.24) is 9.97 Å². The molecule has 0 amide bonds. The van der Waals surface area contributed by atoms with Crippen molar-refractivity contribution in [3.8, 4) is 0 Å². The summed E-state index contributed by atoms with van der Waals surface area (Å²) in [4.78, 5) is 8.40. The molecule has 0 spiro atoms. The molecule has 1 rings (SSSR count). The summed E-state index contributed by atoms with van der Waals surface area (Å²) in [5, 5.41) is 0.0142. The van der Waals surface area contributed by atoms with Gasteiger partial charge >= 0.3 is 6.18 Å². The molecule has 1 heterocycles. The minimum absolute atomic E-state index is 0.0142. The minimum Gasteiger partial charge on any atom is -0.368 e. The van der Waals surface area contributed by atoms with Crippen LogP contribution in [0.4, 0.5) is 24.9 Å². The number of aromatic nitrogens is 2. The van der Waals surface area contributed by atoms with E-state index in [2.05, 4.69) is 9.97 Å². The molecule has 0 unspecified atom stereocenters. The summed E-state index contributed by atoms with van der Waals surface area (Å²) in [7, 11) is 0. The number of nitrogen functional groups attached to an aromatic ring is 1. The first kappa shape index (κ1) is 13.8. The van der Waals surface area contributed by atoms with Crippen molar-refractivity contribution in [3.63, 3.8) is 0 Å². The van der Waals surface area contributed by atoms with Gasteiger partial charge in [0.25, 0.3) is 0 Å². The third-order valence-electron chi connectivity index (χ3n) is 1.97. The lowest BCUT2D eigenvalue weighted by Crippen LogP contribution is -2.39. The molecule has 0 atom stereocenters. The Morgan fingerprint density at radius 1 is 1.41 bits per heavy atom. The Morgan fingerprint density at radius 3 is 2.41 bits per heavy atom. The van der Waals surface area contributed by atoms with E-state index < -0.39 is 12.7 Å². The second kappa shape index (κ2) is 4.95. The lowest BCUT2D eigenvalue weighted by Gasteiger charge is -2.28. The lowest BCUT2D eigenvalue weighted by atomic mass is 10.3. The standard InChI is InChI=1S/C9H12ClF3N4/c1-5(2)17(4-9(11,12)13)7-3-6(10)15-8(14)16-7/h3,5H,4H2,1-2H3,(H2,14,15,16). The van der Waals surface area contributed by atoms with Gasteiger partial charge in [0.15, 0.2) is 0 Å². The number of anilines is 2. The Labute approximate surface area is 102 Å². The molecule has 0 aliphatic rings. The summed E-state index contributed by atoms with van der Waals surface area (Å²) in [5.74, 6) is -0.0878. The van der Waals surface area contributed by atoms with E-state index in [1.165, 1.54) is 6.07 Å². The van der Waals surface area contributed by atoms with Crippen molar-refractivity contribution in [2.24, 2.45) is 0 Å². The molecular formula is C9H12ClF3N4. The third-order valence-corrected chi connectivity index (χ3v) is 2.16. The highest BCUT2D eigenvalue weighted by Gasteiger charge is 2.32. The number of hydrogen-bond donors (Lipinski definition) is 1. The molecule has 96 valence electrons. The van der Waals surface area contributed by atoms with Gasteiger partial charge in [-0.25, -0.2) is 4.98 Å². The zero-order chi connectivity index (χ0) is 13.2. The minimum atomic E-state index is -4.32. The van der Waals surface area contributed by atoms with Crippen LogP contribution >= 0.6 is 11.6 Å². The number of nitrogens with two attached hydrogens (primary N) is 1. The molecule has 0 aromatic carbocycles. The van der Waals surface area contributed by atoms with E-state index in [1.54, 1.807) is 13.8 Å². The molecule has 4 nitrogen and oxygen atoms in total. The predicted molar refractivity (Wildman–Crippen MR) is 60.0 cm³/mol. The molecule has 0 radical (unpaired) electrons. The van der Waals surface area contributed by atoms with E-state index in [-0.39, 0.29) is 23.0 Å². The van der Waals surface area contributed by atoms with Crippen molar-refractivity contribution >= 4 is 23.4 Å². The monoisotopic (exact) mass is 268 g/mol. The Hall–Kier alpha value is -1.24. The first-order valence-electron chi connectivity index (χ1n) is 4.82. The summed E-state index contributed by atoms with van der Waals surface area (Å²) in [5.41, 5.74) is 5.35. The van der Waals surface area contributed by atoms with Crippen LogP contribution in [-0.2, 0) is 0 Å². The molecule has 17 heavy (non-hydrogen) atoms. The van der Waals surface area contributed by atoms with Crippen LogP contribution in [0.5, 0.6) is 0 Å². The highest BCUT2D eigenvalue weighted by atomic mass is 35.5. The second-order valence-electron chi connectivity index (χ2n) is 3.74. The van der Waals surface area contributed by atoms with Crippen LogP contribution in [0.2, 0.25) is 5.15 Å². The topological polar surface area (TPSA) is 55.0 Å². The lowest BCUT2D eigenvalue weighted by molar-refractivity contribution is -0.120. The molecule has 0 aliphatic heterocycles. The first-order valence-corrected chi connectivity index (χ1v) is 5.20. The molecule has 0 fully saturated rings. The van der Waals surface area contributed by atoms with Crippen LogP contribution in [0.25, 0.3) is 0 Å². The maximum Gasteiger partial charge on any atom is 0.405 e. The fraction of sp³-hybridized carbons (Fsp3) is 0.556. The van der Waals surface area contributed by atoms with Crippen molar-refractivity contribution in [3.05, 3.63) is 11.2 Å². The van der Waals surface area contributed by atoms with Crippen molar-refractivity contribution in [1.29, 1.82) is 0 Å². The van der Waals surface area contributed by atoms with E-state index >= 15 is 0 Å². The molecule has 0 saturated heterocycles. The SMILES string of the molecule is CC(C)N(CC(F)(F)F)c1cc(Cl)nc(N)n1. The number of hydrogen-bond acceptors (Lipinski definition) is 4. The fourth-order valence-electron chi connectivity index (χ4n) is 1.29. The number of halogens is 4. The first-order chi connectivity index (χ1) is 7.69. The molecule has 8 heteroatoms. The highest BCUT2D eigenvalue weighted by Crippen LogP contribution is 2.24. The maximum absolute atomic E-state index is 12.4. The van der Waals surface area contributed by atoms with E-state index in [0.717, 1.165) is 4.90 Å². The van der Waals surface area contributed by atoms with Gasteiger partial charge in [0.2, 0.25) is 5.95 Å². The average Bonchev–Trinajstić information content (AvgIpc) is 2.10. The van der Waals surface area contributed by atoms with Crippen LogP contribution in [0.3, 0.4) is 0 Å². The molecule has 0 saturated carbocycles. The van der Waals surface area contributed by atoms with Crippen molar-refractivity contribution < 1.29 is 13.2 Å². The Kier molecular flexibility index (Phi) is 4.03. The highest BCUT2D eigenvalue weighted by molar-refractivity contribution is 6.29.